The Morgan fingerprint density at radius 2 is 2.14 bits per heavy atom. The van der Waals surface area contributed by atoms with Gasteiger partial charge in [-0.2, -0.15) is 0 Å². The van der Waals surface area contributed by atoms with Gasteiger partial charge in [0.05, 0.1) is 11.9 Å². The Morgan fingerprint density at radius 1 is 1.43 bits per heavy atom. The lowest BCUT2D eigenvalue weighted by atomic mass is 10.0. The topological polar surface area (TPSA) is 82.8 Å². The molecule has 0 aliphatic heterocycles. The average molecular weight is 294 g/mol. The van der Waals surface area contributed by atoms with Crippen molar-refractivity contribution >= 4 is 11.8 Å². The summed E-state index contributed by atoms with van der Waals surface area (Å²) in [5, 5.41) is 12.9. The van der Waals surface area contributed by atoms with Crippen LogP contribution in [0.15, 0.2) is 22.8 Å². The zero-order chi connectivity index (χ0) is 15.3. The first-order chi connectivity index (χ1) is 10.0. The van der Waals surface area contributed by atoms with Crippen molar-refractivity contribution in [2.45, 2.75) is 37.7 Å². The number of nitrogens with one attached hydrogen (secondary N) is 1. The number of furan rings is 1. The number of likely N-dealkylation sites (N-methyl/N-ethyl adjacent to an activating group) is 1. The second-order valence-electron chi connectivity index (χ2n) is 5.66. The second kappa shape index (κ2) is 6.76. The van der Waals surface area contributed by atoms with Crippen molar-refractivity contribution in [2.24, 2.45) is 0 Å². The van der Waals surface area contributed by atoms with Gasteiger partial charge in [0.1, 0.15) is 0 Å². The van der Waals surface area contributed by atoms with E-state index in [1.807, 2.05) is 0 Å². The minimum atomic E-state index is -0.734. The Labute approximate surface area is 124 Å². The predicted octanol–water partition coefficient (Wildman–Crippen LogP) is 1.16. The number of carbonyl (C=O) groups is 2. The third-order valence-electron chi connectivity index (χ3n) is 3.86. The van der Waals surface area contributed by atoms with Crippen LogP contribution < -0.4 is 5.32 Å². The van der Waals surface area contributed by atoms with Gasteiger partial charge in [0.15, 0.2) is 5.76 Å². The van der Waals surface area contributed by atoms with Crippen molar-refractivity contribution in [3.63, 3.8) is 0 Å². The van der Waals surface area contributed by atoms with E-state index in [-0.39, 0.29) is 30.5 Å². The van der Waals surface area contributed by atoms with Crippen LogP contribution in [0.1, 0.15) is 42.7 Å². The van der Waals surface area contributed by atoms with Gasteiger partial charge < -0.3 is 19.7 Å². The van der Waals surface area contributed by atoms with Gasteiger partial charge in [-0.25, -0.2) is 0 Å². The summed E-state index contributed by atoms with van der Waals surface area (Å²) in [6, 6.07) is 3.20. The maximum absolute atomic E-state index is 12.0. The zero-order valence-electron chi connectivity index (χ0n) is 12.3. The molecule has 0 spiro atoms. The first-order valence-corrected chi connectivity index (χ1v) is 7.28. The van der Waals surface area contributed by atoms with Crippen LogP contribution in [0.4, 0.5) is 0 Å². The van der Waals surface area contributed by atoms with Crippen molar-refractivity contribution < 1.29 is 19.1 Å². The third kappa shape index (κ3) is 4.32. The number of hydrogen-bond acceptors (Lipinski definition) is 4. The lowest BCUT2D eigenvalue weighted by Gasteiger charge is -2.28. The molecule has 6 heteroatoms. The maximum atomic E-state index is 12.0. The molecule has 0 radical (unpaired) electrons. The Hall–Kier alpha value is -1.82. The summed E-state index contributed by atoms with van der Waals surface area (Å²) in [7, 11) is 1.69. The van der Waals surface area contributed by atoms with E-state index in [2.05, 4.69) is 5.32 Å². The molecule has 21 heavy (non-hydrogen) atoms. The molecule has 1 heterocycles. The fourth-order valence-electron chi connectivity index (χ4n) is 2.69. The van der Waals surface area contributed by atoms with Gasteiger partial charge in [0.25, 0.3) is 5.91 Å². The average Bonchev–Trinajstić information content (AvgIpc) is 3.09. The van der Waals surface area contributed by atoms with Gasteiger partial charge in [-0.05, 0) is 25.0 Å². The molecule has 1 aliphatic rings. The lowest BCUT2D eigenvalue weighted by molar-refractivity contribution is -0.133. The highest BCUT2D eigenvalue weighted by Crippen LogP contribution is 2.29. The molecule has 2 N–H and O–H groups in total. The molecule has 1 saturated carbocycles. The Balaban J connectivity index is 1.70. The van der Waals surface area contributed by atoms with Crippen LogP contribution >= 0.6 is 0 Å². The van der Waals surface area contributed by atoms with E-state index in [1.54, 1.807) is 24.1 Å². The molecule has 1 aromatic heterocycles. The summed E-state index contributed by atoms with van der Waals surface area (Å²) in [5.74, 6) is -0.184. The molecule has 6 nitrogen and oxygen atoms in total. The largest absolute Gasteiger partial charge is 0.459 e. The van der Waals surface area contributed by atoms with Gasteiger partial charge >= 0.3 is 0 Å². The maximum Gasteiger partial charge on any atom is 0.286 e. The van der Waals surface area contributed by atoms with Crippen molar-refractivity contribution in [1.82, 2.24) is 10.2 Å². The number of nitrogens with zero attached hydrogens (tertiary/aromatic N) is 1. The van der Waals surface area contributed by atoms with E-state index in [4.69, 9.17) is 4.42 Å². The van der Waals surface area contributed by atoms with Crippen molar-refractivity contribution in [2.75, 3.05) is 20.1 Å². The fourth-order valence-corrected chi connectivity index (χ4v) is 2.69. The molecule has 2 rings (SSSR count). The van der Waals surface area contributed by atoms with Gasteiger partial charge in [0, 0.05) is 26.6 Å². The van der Waals surface area contributed by atoms with Crippen LogP contribution in [0, 0.1) is 0 Å². The standard InChI is InChI=1S/C15H22N2O4/c1-17(11-15(20)7-2-3-8-15)13(18)6-9-16-14(19)12-5-4-10-21-12/h4-5,10,20H,2-3,6-9,11H2,1H3,(H,16,19). The fraction of sp³-hybridized carbons (Fsp3) is 0.600. The molecule has 1 aliphatic carbocycles. The summed E-state index contributed by atoms with van der Waals surface area (Å²) >= 11 is 0. The van der Waals surface area contributed by atoms with Gasteiger partial charge in [-0.3, -0.25) is 9.59 Å². The molecule has 2 amide bonds. The third-order valence-corrected chi connectivity index (χ3v) is 3.86. The number of carbonyl (C=O) groups excluding carboxylic acids is 2. The first kappa shape index (κ1) is 15.6. The molecule has 0 saturated heterocycles. The van der Waals surface area contributed by atoms with E-state index >= 15 is 0 Å². The molecule has 0 aromatic carbocycles. The van der Waals surface area contributed by atoms with Crippen LogP contribution in [-0.4, -0.2) is 47.6 Å². The smallest absolute Gasteiger partial charge is 0.286 e. The highest BCUT2D eigenvalue weighted by Gasteiger charge is 2.33. The van der Waals surface area contributed by atoms with Crippen LogP contribution in [0.5, 0.6) is 0 Å². The van der Waals surface area contributed by atoms with Crippen LogP contribution in [0.2, 0.25) is 0 Å². The van der Waals surface area contributed by atoms with E-state index in [9.17, 15) is 14.7 Å². The molecular weight excluding hydrogens is 272 g/mol. The predicted molar refractivity (Wildman–Crippen MR) is 76.7 cm³/mol. The van der Waals surface area contributed by atoms with Gasteiger partial charge in [-0.15, -0.1) is 0 Å². The van der Waals surface area contributed by atoms with E-state index in [0.29, 0.717) is 6.54 Å². The van der Waals surface area contributed by atoms with Crippen molar-refractivity contribution in [1.29, 1.82) is 0 Å². The van der Waals surface area contributed by atoms with Gasteiger partial charge in [0.2, 0.25) is 5.91 Å². The molecule has 1 aromatic rings. The monoisotopic (exact) mass is 294 g/mol. The second-order valence-corrected chi connectivity index (χ2v) is 5.66. The molecule has 0 atom stereocenters. The highest BCUT2D eigenvalue weighted by molar-refractivity contribution is 5.91. The SMILES string of the molecule is CN(CC1(O)CCCC1)C(=O)CCNC(=O)c1ccco1. The lowest BCUT2D eigenvalue weighted by Crippen LogP contribution is -2.42. The number of amides is 2. The number of rotatable bonds is 6. The normalized spacial score (nSPS) is 16.7. The summed E-state index contributed by atoms with van der Waals surface area (Å²) in [4.78, 5) is 25.1. The van der Waals surface area contributed by atoms with E-state index in [0.717, 1.165) is 25.7 Å². The Bertz CT molecular complexity index is 478. The summed E-state index contributed by atoms with van der Waals surface area (Å²) < 4.78 is 4.96. The van der Waals surface area contributed by atoms with E-state index in [1.165, 1.54) is 6.26 Å². The summed E-state index contributed by atoms with van der Waals surface area (Å²) in [6.07, 6.45) is 5.16. The van der Waals surface area contributed by atoms with Crippen LogP contribution in [0.25, 0.3) is 0 Å². The number of hydrogen-bond donors (Lipinski definition) is 2. The molecule has 0 unspecified atom stereocenters. The summed E-state index contributed by atoms with van der Waals surface area (Å²) in [6.45, 7) is 0.610. The molecule has 0 bridgehead atoms. The first-order valence-electron chi connectivity index (χ1n) is 7.28. The minimum absolute atomic E-state index is 0.0879. The van der Waals surface area contributed by atoms with Crippen LogP contribution in [0.3, 0.4) is 0 Å². The van der Waals surface area contributed by atoms with Crippen molar-refractivity contribution in [3.8, 4) is 0 Å². The quantitative estimate of drug-likeness (QED) is 0.825. The Kier molecular flexibility index (Phi) is 5.01. The minimum Gasteiger partial charge on any atom is -0.459 e. The van der Waals surface area contributed by atoms with Crippen molar-refractivity contribution in [3.05, 3.63) is 24.2 Å². The van der Waals surface area contributed by atoms with Gasteiger partial charge in [-0.1, -0.05) is 12.8 Å². The zero-order valence-corrected chi connectivity index (χ0v) is 12.3. The van der Waals surface area contributed by atoms with E-state index < -0.39 is 5.60 Å². The van der Waals surface area contributed by atoms with Crippen LogP contribution in [-0.2, 0) is 4.79 Å². The molecule has 116 valence electrons. The number of aliphatic hydroxyl groups is 1. The molecular formula is C15H22N2O4. The summed E-state index contributed by atoms with van der Waals surface area (Å²) in [5.41, 5.74) is -0.734. The molecule has 1 fully saturated rings. The Morgan fingerprint density at radius 3 is 2.76 bits per heavy atom. The highest BCUT2D eigenvalue weighted by atomic mass is 16.3.